The standard InChI is InChI=1S/C19H25N3O6/c1-10-17(11(2)22(4)21-10)20-18(23)12(3)28-19(24)13-8-15(26-6)16(27-7)9-14(13)25-5/h8-9,12H,1-7H3,(H,20,23)/t12-/m0/s1. The lowest BCUT2D eigenvalue weighted by atomic mass is 10.1. The average molecular weight is 391 g/mol. The molecule has 1 heterocycles. The van der Waals surface area contributed by atoms with Gasteiger partial charge in [0.15, 0.2) is 17.6 Å². The first-order chi connectivity index (χ1) is 13.2. The van der Waals surface area contributed by atoms with E-state index in [4.69, 9.17) is 18.9 Å². The van der Waals surface area contributed by atoms with Crippen molar-refractivity contribution in [3.8, 4) is 17.2 Å². The molecule has 1 N–H and O–H groups in total. The van der Waals surface area contributed by atoms with Gasteiger partial charge >= 0.3 is 5.97 Å². The highest BCUT2D eigenvalue weighted by molar-refractivity contribution is 5.99. The van der Waals surface area contributed by atoms with Crippen molar-refractivity contribution in [3.05, 3.63) is 29.1 Å². The van der Waals surface area contributed by atoms with E-state index in [1.54, 1.807) is 18.7 Å². The van der Waals surface area contributed by atoms with Crippen molar-refractivity contribution in [2.75, 3.05) is 26.6 Å². The molecule has 1 amide bonds. The van der Waals surface area contributed by atoms with Crippen molar-refractivity contribution in [1.82, 2.24) is 9.78 Å². The van der Waals surface area contributed by atoms with Gasteiger partial charge in [-0.3, -0.25) is 9.48 Å². The second kappa shape index (κ2) is 8.64. The molecule has 0 radical (unpaired) electrons. The Morgan fingerprint density at radius 1 is 1.04 bits per heavy atom. The fourth-order valence-corrected chi connectivity index (χ4v) is 2.65. The van der Waals surface area contributed by atoms with E-state index in [0.29, 0.717) is 22.9 Å². The Balaban J connectivity index is 2.18. The number of carbonyl (C=O) groups is 2. The number of ether oxygens (including phenoxy) is 4. The summed E-state index contributed by atoms with van der Waals surface area (Å²) in [5.74, 6) is -0.195. The third kappa shape index (κ3) is 4.19. The lowest BCUT2D eigenvalue weighted by Gasteiger charge is -2.16. The van der Waals surface area contributed by atoms with Crippen LogP contribution in [0.25, 0.3) is 0 Å². The van der Waals surface area contributed by atoms with Crippen molar-refractivity contribution in [1.29, 1.82) is 0 Å². The Bertz CT molecular complexity index is 890. The zero-order valence-corrected chi connectivity index (χ0v) is 17.1. The Labute approximate surface area is 163 Å². The highest BCUT2D eigenvalue weighted by Crippen LogP contribution is 2.35. The van der Waals surface area contributed by atoms with Gasteiger partial charge in [-0.15, -0.1) is 0 Å². The van der Waals surface area contributed by atoms with Gasteiger partial charge in [0.25, 0.3) is 5.91 Å². The number of nitrogens with zero attached hydrogens (tertiary/aromatic N) is 2. The first-order valence-electron chi connectivity index (χ1n) is 8.55. The molecule has 0 aliphatic heterocycles. The number of rotatable bonds is 7. The van der Waals surface area contributed by atoms with Crippen molar-refractivity contribution in [2.45, 2.75) is 26.9 Å². The SMILES string of the molecule is COc1cc(OC)c(C(=O)O[C@@H](C)C(=O)Nc2c(C)nn(C)c2C)cc1OC. The predicted octanol–water partition coefficient (Wildman–Crippen LogP) is 2.25. The summed E-state index contributed by atoms with van der Waals surface area (Å²) < 4.78 is 22.6. The Kier molecular flexibility index (Phi) is 6.50. The quantitative estimate of drug-likeness (QED) is 0.723. The van der Waals surface area contributed by atoms with Gasteiger partial charge in [-0.05, 0) is 20.8 Å². The first kappa shape index (κ1) is 21.1. The lowest BCUT2D eigenvalue weighted by Crippen LogP contribution is -2.30. The van der Waals surface area contributed by atoms with Crippen LogP contribution in [0.5, 0.6) is 17.2 Å². The molecule has 0 unspecified atom stereocenters. The Hall–Kier alpha value is -3.23. The van der Waals surface area contributed by atoms with Gasteiger partial charge in [0.2, 0.25) is 0 Å². The molecule has 0 saturated heterocycles. The maximum atomic E-state index is 12.6. The van der Waals surface area contributed by atoms with Gasteiger partial charge in [0, 0.05) is 19.2 Å². The second-order valence-electron chi connectivity index (χ2n) is 6.11. The molecule has 0 saturated carbocycles. The van der Waals surface area contributed by atoms with Crippen LogP contribution in [0.4, 0.5) is 5.69 Å². The van der Waals surface area contributed by atoms with Gasteiger partial charge in [-0.2, -0.15) is 5.10 Å². The molecule has 28 heavy (non-hydrogen) atoms. The Morgan fingerprint density at radius 2 is 1.61 bits per heavy atom. The normalized spacial score (nSPS) is 11.5. The van der Waals surface area contributed by atoms with Crippen molar-refractivity contribution >= 4 is 17.6 Å². The molecule has 1 aromatic heterocycles. The number of aromatic nitrogens is 2. The number of benzene rings is 1. The largest absolute Gasteiger partial charge is 0.496 e. The minimum atomic E-state index is -1.04. The summed E-state index contributed by atoms with van der Waals surface area (Å²) in [6.07, 6.45) is -1.04. The highest BCUT2D eigenvalue weighted by Gasteiger charge is 2.25. The summed E-state index contributed by atoms with van der Waals surface area (Å²) in [5.41, 5.74) is 2.19. The van der Waals surface area contributed by atoms with Crippen LogP contribution >= 0.6 is 0 Å². The van der Waals surface area contributed by atoms with E-state index in [1.165, 1.54) is 40.4 Å². The number of methoxy groups -OCH3 is 3. The lowest BCUT2D eigenvalue weighted by molar-refractivity contribution is -0.123. The van der Waals surface area contributed by atoms with Gasteiger partial charge in [-0.25, -0.2) is 4.79 Å². The van der Waals surface area contributed by atoms with Crippen LogP contribution in [-0.2, 0) is 16.6 Å². The number of nitrogens with one attached hydrogen (secondary N) is 1. The van der Waals surface area contributed by atoms with Gasteiger partial charge in [0.1, 0.15) is 11.3 Å². The molecule has 152 valence electrons. The topological polar surface area (TPSA) is 101 Å². The molecule has 0 spiro atoms. The maximum absolute atomic E-state index is 12.6. The molecular formula is C19H25N3O6. The van der Waals surface area contributed by atoms with Crippen LogP contribution in [0, 0.1) is 13.8 Å². The fourth-order valence-electron chi connectivity index (χ4n) is 2.65. The summed E-state index contributed by atoms with van der Waals surface area (Å²) >= 11 is 0. The molecule has 9 heteroatoms. The smallest absolute Gasteiger partial charge is 0.342 e. The summed E-state index contributed by atoms with van der Waals surface area (Å²) in [6, 6.07) is 2.96. The number of amides is 1. The van der Waals surface area contributed by atoms with Crippen LogP contribution in [0.3, 0.4) is 0 Å². The number of carbonyl (C=O) groups excluding carboxylic acids is 2. The minimum Gasteiger partial charge on any atom is -0.496 e. The molecule has 0 aliphatic carbocycles. The molecule has 0 bridgehead atoms. The summed E-state index contributed by atoms with van der Waals surface area (Å²) in [6.45, 7) is 5.11. The van der Waals surface area contributed by atoms with Gasteiger partial charge in [-0.1, -0.05) is 0 Å². The molecule has 1 aromatic carbocycles. The third-order valence-electron chi connectivity index (χ3n) is 4.34. The van der Waals surface area contributed by atoms with Crippen molar-refractivity contribution in [2.24, 2.45) is 7.05 Å². The van der Waals surface area contributed by atoms with E-state index in [0.717, 1.165) is 5.69 Å². The van der Waals surface area contributed by atoms with Gasteiger partial charge in [0.05, 0.1) is 38.4 Å². The first-order valence-corrected chi connectivity index (χ1v) is 8.55. The van der Waals surface area contributed by atoms with Crippen LogP contribution in [-0.4, -0.2) is 49.1 Å². The van der Waals surface area contributed by atoms with Crippen LogP contribution in [0.1, 0.15) is 28.7 Å². The number of hydrogen-bond donors (Lipinski definition) is 1. The zero-order chi connectivity index (χ0) is 21.0. The highest BCUT2D eigenvalue weighted by atomic mass is 16.6. The summed E-state index contributed by atoms with van der Waals surface area (Å²) in [7, 11) is 6.13. The predicted molar refractivity (Wildman–Crippen MR) is 102 cm³/mol. The molecule has 2 aromatic rings. The monoisotopic (exact) mass is 391 g/mol. The average Bonchev–Trinajstić information content (AvgIpc) is 2.92. The van der Waals surface area contributed by atoms with E-state index in [1.807, 2.05) is 6.92 Å². The van der Waals surface area contributed by atoms with Crippen LogP contribution in [0.2, 0.25) is 0 Å². The maximum Gasteiger partial charge on any atom is 0.342 e. The van der Waals surface area contributed by atoms with E-state index in [2.05, 4.69) is 10.4 Å². The molecule has 0 aliphatic rings. The van der Waals surface area contributed by atoms with Crippen LogP contribution < -0.4 is 19.5 Å². The van der Waals surface area contributed by atoms with E-state index >= 15 is 0 Å². The van der Waals surface area contributed by atoms with Crippen molar-refractivity contribution < 1.29 is 28.5 Å². The summed E-state index contributed by atoms with van der Waals surface area (Å²) in [5, 5.41) is 6.99. The third-order valence-corrected chi connectivity index (χ3v) is 4.34. The van der Waals surface area contributed by atoms with Gasteiger partial charge < -0.3 is 24.3 Å². The fraction of sp³-hybridized carbons (Fsp3) is 0.421. The van der Waals surface area contributed by atoms with Crippen LogP contribution in [0.15, 0.2) is 12.1 Å². The van der Waals surface area contributed by atoms with Crippen molar-refractivity contribution in [3.63, 3.8) is 0 Å². The number of anilines is 1. The molecular weight excluding hydrogens is 366 g/mol. The second-order valence-corrected chi connectivity index (χ2v) is 6.11. The van der Waals surface area contributed by atoms with E-state index in [9.17, 15) is 9.59 Å². The van der Waals surface area contributed by atoms with E-state index in [-0.39, 0.29) is 11.3 Å². The zero-order valence-electron chi connectivity index (χ0n) is 17.1. The molecule has 9 nitrogen and oxygen atoms in total. The van der Waals surface area contributed by atoms with E-state index < -0.39 is 18.0 Å². The molecule has 1 atom stereocenters. The number of aryl methyl sites for hydroxylation is 2. The summed E-state index contributed by atoms with van der Waals surface area (Å²) in [4.78, 5) is 25.1. The molecule has 0 fully saturated rings. The molecule has 2 rings (SSSR count). The Morgan fingerprint density at radius 3 is 2.11 bits per heavy atom. The number of hydrogen-bond acceptors (Lipinski definition) is 7. The number of esters is 1. The minimum absolute atomic E-state index is 0.119.